The van der Waals surface area contributed by atoms with Gasteiger partial charge in [-0.15, -0.1) is 0 Å². The molecule has 1 aliphatic rings. The van der Waals surface area contributed by atoms with Gasteiger partial charge in [-0.05, 0) is 54.3 Å². The van der Waals surface area contributed by atoms with Gasteiger partial charge in [0.25, 0.3) is 0 Å². The third kappa shape index (κ3) is 6.66. The van der Waals surface area contributed by atoms with Gasteiger partial charge in [-0.3, -0.25) is 0 Å². The molecular formula is C26H36O4. The first kappa shape index (κ1) is 22.5. The van der Waals surface area contributed by atoms with Crippen molar-refractivity contribution in [2.45, 2.75) is 51.9 Å². The molecule has 1 heterocycles. The maximum absolute atomic E-state index is 6.06. The van der Waals surface area contributed by atoms with Crippen LogP contribution in [0.25, 0.3) is 10.8 Å². The molecule has 4 nitrogen and oxygen atoms in total. The van der Waals surface area contributed by atoms with E-state index >= 15 is 0 Å². The second kappa shape index (κ2) is 11.8. The number of rotatable bonds is 15. The highest BCUT2D eigenvalue weighted by Crippen LogP contribution is 2.33. The van der Waals surface area contributed by atoms with Crippen LogP contribution in [0.5, 0.6) is 11.5 Å². The van der Waals surface area contributed by atoms with E-state index in [1.54, 1.807) is 0 Å². The molecule has 0 radical (unpaired) electrons. The number of benzene rings is 2. The van der Waals surface area contributed by atoms with Crippen molar-refractivity contribution < 1.29 is 18.9 Å². The van der Waals surface area contributed by atoms with E-state index in [1.807, 2.05) is 0 Å². The first-order valence-electron chi connectivity index (χ1n) is 11.3. The highest BCUT2D eigenvalue weighted by atomic mass is 16.5. The number of ether oxygens (including phenoxy) is 4. The number of hydrogen-bond acceptors (Lipinski definition) is 4. The first-order chi connectivity index (χ1) is 14.7. The Balaban J connectivity index is 1.36. The summed E-state index contributed by atoms with van der Waals surface area (Å²) >= 11 is 0. The molecule has 0 atom stereocenters. The standard InChI is InChI=1S/C26H36O4/c1-3-26(19-28-20-26)21-30-25-14-12-22-17-24(13-11-23(22)18-25)29-16-10-8-6-5-7-9-15-27-4-2/h4,11-14,17-18H,2-3,5-10,15-16,19-21H2,1H3. The van der Waals surface area contributed by atoms with Gasteiger partial charge in [-0.2, -0.15) is 0 Å². The van der Waals surface area contributed by atoms with Crippen molar-refractivity contribution in [3.8, 4) is 11.5 Å². The lowest BCUT2D eigenvalue weighted by Gasteiger charge is -2.40. The van der Waals surface area contributed by atoms with Crippen LogP contribution in [-0.4, -0.2) is 33.0 Å². The van der Waals surface area contributed by atoms with Crippen LogP contribution in [0.2, 0.25) is 0 Å². The molecule has 0 spiro atoms. The second-order valence-electron chi connectivity index (χ2n) is 8.31. The molecule has 0 N–H and O–H groups in total. The van der Waals surface area contributed by atoms with E-state index in [0.29, 0.717) is 0 Å². The zero-order chi connectivity index (χ0) is 21.1. The summed E-state index contributed by atoms with van der Waals surface area (Å²) in [6.45, 7) is 9.65. The predicted octanol–water partition coefficient (Wildman–Crippen LogP) is 6.52. The van der Waals surface area contributed by atoms with E-state index in [9.17, 15) is 0 Å². The molecule has 4 heteroatoms. The fourth-order valence-corrected chi connectivity index (χ4v) is 3.67. The van der Waals surface area contributed by atoms with E-state index in [0.717, 1.165) is 63.8 Å². The maximum Gasteiger partial charge on any atom is 0.119 e. The molecule has 0 saturated carbocycles. The second-order valence-corrected chi connectivity index (χ2v) is 8.31. The van der Waals surface area contributed by atoms with Gasteiger partial charge in [0.05, 0.1) is 44.7 Å². The van der Waals surface area contributed by atoms with Gasteiger partial charge in [0.1, 0.15) is 11.5 Å². The predicted molar refractivity (Wildman–Crippen MR) is 122 cm³/mol. The highest BCUT2D eigenvalue weighted by molar-refractivity contribution is 5.85. The summed E-state index contributed by atoms with van der Waals surface area (Å²) in [6, 6.07) is 12.6. The first-order valence-corrected chi connectivity index (χ1v) is 11.3. The van der Waals surface area contributed by atoms with Gasteiger partial charge >= 0.3 is 0 Å². The van der Waals surface area contributed by atoms with Gasteiger partial charge in [0.2, 0.25) is 0 Å². The monoisotopic (exact) mass is 412 g/mol. The molecule has 2 aromatic carbocycles. The average molecular weight is 413 g/mol. The number of fused-ring (bicyclic) bond motifs is 1. The lowest BCUT2D eigenvalue weighted by Crippen LogP contribution is -2.46. The quantitative estimate of drug-likeness (QED) is 0.246. The highest BCUT2D eigenvalue weighted by Gasteiger charge is 2.37. The molecule has 3 rings (SSSR count). The van der Waals surface area contributed by atoms with Crippen molar-refractivity contribution in [2.24, 2.45) is 5.41 Å². The van der Waals surface area contributed by atoms with Crippen LogP contribution in [0.3, 0.4) is 0 Å². The van der Waals surface area contributed by atoms with Gasteiger partial charge in [0, 0.05) is 0 Å². The Morgan fingerprint density at radius 3 is 2.03 bits per heavy atom. The lowest BCUT2D eigenvalue weighted by atomic mass is 9.84. The van der Waals surface area contributed by atoms with Gasteiger partial charge < -0.3 is 18.9 Å². The molecule has 1 saturated heterocycles. The number of unbranched alkanes of at least 4 members (excludes halogenated alkanes) is 5. The summed E-state index contributed by atoms with van der Waals surface area (Å²) in [5, 5.41) is 2.36. The molecule has 0 amide bonds. The lowest BCUT2D eigenvalue weighted by molar-refractivity contribution is -0.133. The molecule has 0 bridgehead atoms. The summed E-state index contributed by atoms with van der Waals surface area (Å²) < 4.78 is 22.5. The molecule has 1 fully saturated rings. The Morgan fingerprint density at radius 1 is 0.867 bits per heavy atom. The van der Waals surface area contributed by atoms with Crippen LogP contribution < -0.4 is 9.47 Å². The molecule has 0 aromatic heterocycles. The van der Waals surface area contributed by atoms with Crippen molar-refractivity contribution >= 4 is 10.8 Å². The molecular weight excluding hydrogens is 376 g/mol. The van der Waals surface area contributed by atoms with Crippen molar-refractivity contribution in [1.82, 2.24) is 0 Å². The van der Waals surface area contributed by atoms with Crippen LogP contribution in [0.1, 0.15) is 51.9 Å². The van der Waals surface area contributed by atoms with Crippen molar-refractivity contribution in [1.29, 1.82) is 0 Å². The van der Waals surface area contributed by atoms with Crippen molar-refractivity contribution in [3.63, 3.8) is 0 Å². The van der Waals surface area contributed by atoms with Crippen molar-refractivity contribution in [3.05, 3.63) is 49.2 Å². The zero-order valence-corrected chi connectivity index (χ0v) is 18.4. The maximum atomic E-state index is 6.06. The zero-order valence-electron chi connectivity index (χ0n) is 18.4. The van der Waals surface area contributed by atoms with E-state index in [2.05, 4.69) is 49.9 Å². The Kier molecular flexibility index (Phi) is 8.88. The fraction of sp³-hybridized carbons (Fsp3) is 0.538. The molecule has 0 aliphatic carbocycles. The van der Waals surface area contributed by atoms with Crippen LogP contribution in [0.4, 0.5) is 0 Å². The van der Waals surface area contributed by atoms with Gasteiger partial charge in [-0.1, -0.05) is 51.3 Å². The molecule has 30 heavy (non-hydrogen) atoms. The Labute approximate surface area is 181 Å². The summed E-state index contributed by atoms with van der Waals surface area (Å²) in [7, 11) is 0. The van der Waals surface area contributed by atoms with Crippen LogP contribution in [0.15, 0.2) is 49.2 Å². The average Bonchev–Trinajstić information content (AvgIpc) is 2.74. The largest absolute Gasteiger partial charge is 0.502 e. The van der Waals surface area contributed by atoms with E-state index in [-0.39, 0.29) is 5.41 Å². The van der Waals surface area contributed by atoms with E-state index < -0.39 is 0 Å². The summed E-state index contributed by atoms with van der Waals surface area (Å²) in [5.74, 6) is 1.86. The Bertz CT molecular complexity index is 776. The Morgan fingerprint density at radius 2 is 1.47 bits per heavy atom. The molecule has 1 aliphatic heterocycles. The normalized spacial score (nSPS) is 14.8. The Hall–Kier alpha value is -2.20. The minimum atomic E-state index is 0.201. The smallest absolute Gasteiger partial charge is 0.119 e. The topological polar surface area (TPSA) is 36.9 Å². The summed E-state index contributed by atoms with van der Waals surface area (Å²) in [6.07, 6.45) is 9.75. The number of hydrogen-bond donors (Lipinski definition) is 0. The fourth-order valence-electron chi connectivity index (χ4n) is 3.67. The van der Waals surface area contributed by atoms with Crippen molar-refractivity contribution in [2.75, 3.05) is 33.0 Å². The third-order valence-corrected chi connectivity index (χ3v) is 5.94. The van der Waals surface area contributed by atoms with Crippen LogP contribution in [0, 0.1) is 5.41 Å². The summed E-state index contributed by atoms with van der Waals surface area (Å²) in [5.41, 5.74) is 0.201. The minimum Gasteiger partial charge on any atom is -0.502 e. The van der Waals surface area contributed by atoms with E-state index in [1.165, 1.54) is 42.7 Å². The van der Waals surface area contributed by atoms with E-state index in [4.69, 9.17) is 18.9 Å². The molecule has 164 valence electrons. The summed E-state index contributed by atoms with van der Waals surface area (Å²) in [4.78, 5) is 0. The molecule has 0 unspecified atom stereocenters. The SMILES string of the molecule is C=COCCCCCCCCOc1ccc2cc(OCC3(CC)COC3)ccc2c1. The van der Waals surface area contributed by atoms with Crippen LogP contribution >= 0.6 is 0 Å². The third-order valence-electron chi connectivity index (χ3n) is 5.94. The molecule has 2 aromatic rings. The van der Waals surface area contributed by atoms with Crippen LogP contribution in [-0.2, 0) is 9.47 Å². The minimum absolute atomic E-state index is 0.201. The van der Waals surface area contributed by atoms with Gasteiger partial charge in [-0.25, -0.2) is 0 Å². The van der Waals surface area contributed by atoms with Gasteiger partial charge in [0.15, 0.2) is 0 Å².